The van der Waals surface area contributed by atoms with Crippen molar-refractivity contribution in [3.05, 3.63) is 0 Å². The Hall–Kier alpha value is -1.65. The van der Waals surface area contributed by atoms with Crippen LogP contribution < -0.4 is 5.32 Å². The van der Waals surface area contributed by atoms with Crippen LogP contribution in [0, 0.1) is 17.2 Å². The lowest BCUT2D eigenvalue weighted by atomic mass is 9.97. The van der Waals surface area contributed by atoms with Gasteiger partial charge in [0.2, 0.25) is 5.91 Å². The van der Waals surface area contributed by atoms with Crippen LogP contribution in [0.4, 0.5) is 0 Å². The Balaban J connectivity index is 1.56. The Kier molecular flexibility index (Phi) is 4.08. The smallest absolute Gasteiger partial charge is 0.241 e. The zero-order chi connectivity index (χ0) is 14.8. The maximum atomic E-state index is 12.6. The van der Waals surface area contributed by atoms with E-state index in [1.807, 2.05) is 0 Å². The molecule has 2 aliphatic heterocycles. The Morgan fingerprint density at radius 2 is 2.43 bits per heavy atom. The normalized spacial score (nSPS) is 38.2. The first-order valence-corrected chi connectivity index (χ1v) is 7.48. The topological polar surface area (TPSA) is 98.0 Å². The number of hydrogen-bond donors (Lipinski definition) is 2. The van der Waals surface area contributed by atoms with Gasteiger partial charge in [-0.2, -0.15) is 5.26 Å². The fraction of sp³-hybridized carbons (Fsp3) is 0.786. The van der Waals surface area contributed by atoms with Crippen LogP contribution >= 0.6 is 0 Å². The van der Waals surface area contributed by atoms with E-state index in [9.17, 15) is 4.79 Å². The van der Waals surface area contributed by atoms with E-state index in [4.69, 9.17) is 15.2 Å². The van der Waals surface area contributed by atoms with E-state index in [1.54, 1.807) is 4.90 Å². The van der Waals surface area contributed by atoms with Crippen molar-refractivity contribution in [2.24, 2.45) is 11.1 Å². The number of fused-ring (bicyclic) bond motifs is 2. The van der Waals surface area contributed by atoms with Gasteiger partial charge in [0.15, 0.2) is 0 Å². The fourth-order valence-electron chi connectivity index (χ4n) is 3.85. The summed E-state index contributed by atoms with van der Waals surface area (Å²) in [6.07, 6.45) is 4.87. The Labute approximate surface area is 123 Å². The molecule has 2 heterocycles. The first-order chi connectivity index (χ1) is 10.2. The van der Waals surface area contributed by atoms with Crippen LogP contribution in [0.5, 0.6) is 0 Å². The Morgan fingerprint density at radius 3 is 3.10 bits per heavy atom. The number of oxime groups is 1. The molecule has 7 nitrogen and oxygen atoms in total. The summed E-state index contributed by atoms with van der Waals surface area (Å²) in [6, 6.07) is 1.97. The average Bonchev–Trinajstić information content (AvgIpc) is 3.21. The van der Waals surface area contributed by atoms with E-state index in [0.717, 1.165) is 25.7 Å². The van der Waals surface area contributed by atoms with Crippen molar-refractivity contribution < 1.29 is 14.7 Å². The number of ether oxygens (including phenoxy) is 1. The number of rotatable bonds is 4. The highest BCUT2D eigenvalue weighted by Crippen LogP contribution is 2.38. The maximum Gasteiger partial charge on any atom is 0.241 e. The van der Waals surface area contributed by atoms with Gasteiger partial charge in [-0.05, 0) is 31.6 Å². The minimum Gasteiger partial charge on any atom is -0.411 e. The van der Waals surface area contributed by atoms with Gasteiger partial charge in [-0.3, -0.25) is 4.79 Å². The van der Waals surface area contributed by atoms with Gasteiger partial charge in [-0.25, -0.2) is 0 Å². The number of hydrogen-bond acceptors (Lipinski definition) is 6. The molecule has 0 aromatic heterocycles. The first kappa shape index (κ1) is 14.3. The van der Waals surface area contributed by atoms with Crippen molar-refractivity contribution in [2.45, 2.75) is 49.9 Å². The number of nitrogens with one attached hydrogen (secondary N) is 1. The van der Waals surface area contributed by atoms with Gasteiger partial charge in [0.25, 0.3) is 0 Å². The van der Waals surface area contributed by atoms with Crippen LogP contribution in [0.3, 0.4) is 0 Å². The van der Waals surface area contributed by atoms with Crippen LogP contribution in [0.25, 0.3) is 0 Å². The lowest BCUT2D eigenvalue weighted by molar-refractivity contribution is -0.135. The lowest BCUT2D eigenvalue weighted by Gasteiger charge is -2.31. The van der Waals surface area contributed by atoms with Crippen molar-refractivity contribution >= 4 is 12.1 Å². The quantitative estimate of drug-likeness (QED) is 0.435. The van der Waals surface area contributed by atoms with Crippen LogP contribution in [0.15, 0.2) is 5.16 Å². The molecule has 0 aromatic carbocycles. The molecule has 3 rings (SSSR count). The summed E-state index contributed by atoms with van der Waals surface area (Å²) in [5.74, 6) is 0.348. The first-order valence-electron chi connectivity index (χ1n) is 7.48. The van der Waals surface area contributed by atoms with E-state index in [-0.39, 0.29) is 42.7 Å². The van der Waals surface area contributed by atoms with Crippen molar-refractivity contribution in [3.8, 4) is 6.07 Å². The zero-order valence-corrected chi connectivity index (χ0v) is 11.8. The largest absolute Gasteiger partial charge is 0.411 e. The van der Waals surface area contributed by atoms with Gasteiger partial charge >= 0.3 is 0 Å². The van der Waals surface area contributed by atoms with Crippen LogP contribution in [-0.4, -0.2) is 59.6 Å². The van der Waals surface area contributed by atoms with Crippen molar-refractivity contribution in [1.82, 2.24) is 10.2 Å². The fourth-order valence-corrected chi connectivity index (χ4v) is 3.85. The molecule has 0 aromatic rings. The van der Waals surface area contributed by atoms with Gasteiger partial charge in [0.05, 0.1) is 31.0 Å². The third-order valence-corrected chi connectivity index (χ3v) is 4.82. The van der Waals surface area contributed by atoms with Crippen LogP contribution in [-0.2, 0) is 9.53 Å². The van der Waals surface area contributed by atoms with Gasteiger partial charge in [0.1, 0.15) is 6.04 Å². The highest BCUT2D eigenvalue weighted by atomic mass is 16.5. The zero-order valence-electron chi connectivity index (χ0n) is 11.8. The molecule has 1 aliphatic carbocycles. The minimum absolute atomic E-state index is 0.0712. The standard InChI is InChI=1S/C14H20N4O3/c15-8-10-2-1-4-18(10)14(19)13-9-6-11(17-13)12(7-9)21-5-3-16-20/h3,9-13,17,20H,1-2,4-7H2/t9-,10-,11+,12+,13-/m0/s1. The summed E-state index contributed by atoms with van der Waals surface area (Å²) in [7, 11) is 0. The van der Waals surface area contributed by atoms with Crippen molar-refractivity contribution in [2.75, 3.05) is 13.2 Å². The highest BCUT2D eigenvalue weighted by Gasteiger charge is 2.50. The summed E-state index contributed by atoms with van der Waals surface area (Å²) in [5, 5.41) is 23.7. The molecule has 2 bridgehead atoms. The second kappa shape index (κ2) is 6.00. The molecule has 0 radical (unpaired) electrons. The SMILES string of the molecule is N#C[C@@H]1CCCN1C(=O)[C@H]1N[C@@H]2C[C@H]1C[C@H]2OCC=NO. The molecule has 3 fully saturated rings. The second-order valence-electron chi connectivity index (χ2n) is 5.97. The molecule has 21 heavy (non-hydrogen) atoms. The number of piperidine rings is 1. The van der Waals surface area contributed by atoms with Gasteiger partial charge in [0, 0.05) is 12.6 Å². The highest BCUT2D eigenvalue weighted by molar-refractivity contribution is 5.83. The lowest BCUT2D eigenvalue weighted by Crippen LogP contribution is -2.53. The molecule has 2 saturated heterocycles. The monoisotopic (exact) mass is 292 g/mol. The van der Waals surface area contributed by atoms with Gasteiger partial charge in [-0.15, -0.1) is 0 Å². The third-order valence-electron chi connectivity index (χ3n) is 4.82. The number of nitriles is 1. The van der Waals surface area contributed by atoms with E-state index in [2.05, 4.69) is 16.5 Å². The molecule has 114 valence electrons. The minimum atomic E-state index is -0.258. The molecular weight excluding hydrogens is 272 g/mol. The van der Waals surface area contributed by atoms with Gasteiger partial charge in [-0.1, -0.05) is 5.16 Å². The number of carbonyl (C=O) groups is 1. The molecule has 0 unspecified atom stereocenters. The third kappa shape index (κ3) is 2.61. The van der Waals surface area contributed by atoms with Crippen molar-refractivity contribution in [3.63, 3.8) is 0 Å². The predicted molar refractivity (Wildman–Crippen MR) is 73.8 cm³/mol. The van der Waals surface area contributed by atoms with E-state index < -0.39 is 0 Å². The van der Waals surface area contributed by atoms with Crippen LogP contribution in [0.1, 0.15) is 25.7 Å². The summed E-state index contributed by atoms with van der Waals surface area (Å²) in [6.45, 7) is 0.979. The molecule has 2 N–H and O–H groups in total. The van der Waals surface area contributed by atoms with Gasteiger partial charge < -0.3 is 20.2 Å². The van der Waals surface area contributed by atoms with E-state index >= 15 is 0 Å². The summed E-state index contributed by atoms with van der Waals surface area (Å²) >= 11 is 0. The molecule has 3 aliphatic rings. The number of amides is 1. The van der Waals surface area contributed by atoms with E-state index in [1.165, 1.54) is 6.21 Å². The molecule has 1 amide bonds. The average molecular weight is 292 g/mol. The van der Waals surface area contributed by atoms with E-state index in [0.29, 0.717) is 6.54 Å². The molecular formula is C14H20N4O3. The molecule has 5 atom stereocenters. The summed E-state index contributed by atoms with van der Waals surface area (Å²) < 4.78 is 5.62. The Morgan fingerprint density at radius 1 is 1.57 bits per heavy atom. The Bertz CT molecular complexity index is 475. The summed E-state index contributed by atoms with van der Waals surface area (Å²) in [5.41, 5.74) is 0. The molecule has 7 heteroatoms. The number of carbonyl (C=O) groups excluding carboxylic acids is 1. The van der Waals surface area contributed by atoms with Crippen LogP contribution in [0.2, 0.25) is 0 Å². The second-order valence-corrected chi connectivity index (χ2v) is 5.97. The number of likely N-dealkylation sites (tertiary alicyclic amines) is 1. The summed E-state index contributed by atoms with van der Waals surface area (Å²) in [4.78, 5) is 14.3. The van der Waals surface area contributed by atoms with Crippen molar-refractivity contribution in [1.29, 1.82) is 5.26 Å². The molecule has 1 saturated carbocycles. The maximum absolute atomic E-state index is 12.6. The molecule has 0 spiro atoms. The predicted octanol–water partition coefficient (Wildman–Crippen LogP) is 0.0966. The number of nitrogens with zero attached hydrogens (tertiary/aromatic N) is 3.